The summed E-state index contributed by atoms with van der Waals surface area (Å²) in [5.74, 6) is 2.01. The Bertz CT molecular complexity index is 911. The van der Waals surface area contributed by atoms with Gasteiger partial charge in [-0.15, -0.1) is 0 Å². The zero-order valence-electron chi connectivity index (χ0n) is 18.0. The van der Waals surface area contributed by atoms with Crippen LogP contribution in [-0.2, 0) is 22.4 Å². The van der Waals surface area contributed by atoms with Crippen molar-refractivity contribution >= 4 is 17.8 Å². The fourth-order valence-electron chi connectivity index (χ4n) is 5.50. The minimum absolute atomic E-state index is 0.0104. The number of rotatable bonds is 7. The van der Waals surface area contributed by atoms with Crippen LogP contribution < -0.4 is 15.4 Å². The van der Waals surface area contributed by atoms with E-state index in [0.29, 0.717) is 25.6 Å². The number of benzene rings is 1. The smallest absolute Gasteiger partial charge is 0.233 e. The van der Waals surface area contributed by atoms with Crippen LogP contribution in [0.4, 0.5) is 0 Å². The molecule has 31 heavy (non-hydrogen) atoms. The Morgan fingerprint density at radius 2 is 1.94 bits per heavy atom. The van der Waals surface area contributed by atoms with E-state index < -0.39 is 0 Å². The molecule has 164 valence electrons. The SMILES string of the molecule is CCNC(=NCCc1ccc2c(c1)CCO2)NCCN1C(=O)C2C3C=CC(C3)C2C1=O. The van der Waals surface area contributed by atoms with E-state index in [1.54, 1.807) is 0 Å². The molecule has 0 aromatic heterocycles. The maximum atomic E-state index is 12.8. The lowest BCUT2D eigenvalue weighted by molar-refractivity contribution is -0.140. The molecule has 7 nitrogen and oxygen atoms in total. The van der Waals surface area contributed by atoms with Gasteiger partial charge in [-0.05, 0) is 48.8 Å². The summed E-state index contributed by atoms with van der Waals surface area (Å²) in [7, 11) is 0. The summed E-state index contributed by atoms with van der Waals surface area (Å²) in [6, 6.07) is 6.36. The maximum absolute atomic E-state index is 12.8. The number of allylic oxidation sites excluding steroid dienone is 2. The summed E-state index contributed by atoms with van der Waals surface area (Å²) in [5, 5.41) is 6.52. The molecule has 7 heteroatoms. The van der Waals surface area contributed by atoms with Gasteiger partial charge in [0.1, 0.15) is 5.75 Å². The molecule has 2 aliphatic heterocycles. The zero-order chi connectivity index (χ0) is 21.4. The van der Waals surface area contributed by atoms with E-state index in [0.717, 1.165) is 38.2 Å². The average molecular weight is 423 g/mol. The van der Waals surface area contributed by atoms with Crippen LogP contribution in [0.1, 0.15) is 24.5 Å². The molecule has 2 bridgehead atoms. The molecule has 4 aliphatic rings. The molecule has 2 fully saturated rings. The largest absolute Gasteiger partial charge is 0.493 e. The van der Waals surface area contributed by atoms with Crippen molar-refractivity contribution in [3.05, 3.63) is 41.5 Å². The fourth-order valence-corrected chi connectivity index (χ4v) is 5.50. The van der Waals surface area contributed by atoms with Crippen molar-refractivity contribution in [2.75, 3.05) is 32.8 Å². The van der Waals surface area contributed by atoms with Crippen molar-refractivity contribution in [2.24, 2.45) is 28.7 Å². The van der Waals surface area contributed by atoms with Gasteiger partial charge in [-0.1, -0.05) is 24.3 Å². The van der Waals surface area contributed by atoms with Crippen LogP contribution in [0.3, 0.4) is 0 Å². The van der Waals surface area contributed by atoms with Gasteiger partial charge in [0.15, 0.2) is 5.96 Å². The lowest BCUT2D eigenvalue weighted by atomic mass is 9.85. The highest BCUT2D eigenvalue weighted by atomic mass is 16.5. The highest BCUT2D eigenvalue weighted by Crippen LogP contribution is 2.52. The number of nitrogens with one attached hydrogen (secondary N) is 2. The molecule has 1 aromatic carbocycles. The maximum Gasteiger partial charge on any atom is 0.233 e. The molecule has 4 unspecified atom stereocenters. The Kier molecular flexibility index (Phi) is 5.42. The van der Waals surface area contributed by atoms with E-state index in [4.69, 9.17) is 4.74 Å². The second-order valence-electron chi connectivity index (χ2n) is 8.81. The Morgan fingerprint density at radius 3 is 2.68 bits per heavy atom. The molecule has 1 aromatic rings. The Hall–Kier alpha value is -2.83. The molecule has 4 atom stereocenters. The molecule has 0 radical (unpaired) electrons. The summed E-state index contributed by atoms with van der Waals surface area (Å²) in [6.45, 7) is 5.10. The van der Waals surface area contributed by atoms with Crippen molar-refractivity contribution in [1.29, 1.82) is 0 Å². The van der Waals surface area contributed by atoms with Crippen molar-refractivity contribution in [3.63, 3.8) is 0 Å². The van der Waals surface area contributed by atoms with Gasteiger partial charge in [-0.2, -0.15) is 0 Å². The van der Waals surface area contributed by atoms with Crippen molar-refractivity contribution in [2.45, 2.75) is 26.2 Å². The van der Waals surface area contributed by atoms with Crippen LogP contribution in [0, 0.1) is 23.7 Å². The van der Waals surface area contributed by atoms with Crippen LogP contribution in [0.15, 0.2) is 35.3 Å². The van der Waals surface area contributed by atoms with Gasteiger partial charge in [0.25, 0.3) is 0 Å². The predicted octanol–water partition coefficient (Wildman–Crippen LogP) is 1.53. The van der Waals surface area contributed by atoms with Crippen molar-refractivity contribution in [1.82, 2.24) is 15.5 Å². The number of carbonyl (C=O) groups excluding carboxylic acids is 2. The fraction of sp³-hybridized carbons (Fsp3) is 0.542. The van der Waals surface area contributed by atoms with Crippen LogP contribution in [0.5, 0.6) is 5.75 Å². The van der Waals surface area contributed by atoms with Crippen LogP contribution in [0.2, 0.25) is 0 Å². The molecule has 5 rings (SSSR count). The number of likely N-dealkylation sites (tertiary alicyclic amines) is 1. The highest BCUT2D eigenvalue weighted by Gasteiger charge is 2.58. The van der Waals surface area contributed by atoms with Gasteiger partial charge in [-0.3, -0.25) is 19.5 Å². The topological polar surface area (TPSA) is 83.0 Å². The van der Waals surface area contributed by atoms with E-state index >= 15 is 0 Å². The first-order valence-electron chi connectivity index (χ1n) is 11.5. The number of hydrogen-bond acceptors (Lipinski definition) is 4. The number of hydrogen-bond donors (Lipinski definition) is 2. The first-order chi connectivity index (χ1) is 15.2. The quantitative estimate of drug-likeness (QED) is 0.301. The molecule has 0 spiro atoms. The lowest BCUT2D eigenvalue weighted by Gasteiger charge is -2.18. The Balaban J connectivity index is 1.13. The van der Waals surface area contributed by atoms with Gasteiger partial charge in [0.05, 0.1) is 18.4 Å². The van der Waals surface area contributed by atoms with E-state index in [-0.39, 0.29) is 35.5 Å². The first kappa shape index (κ1) is 20.1. The number of carbonyl (C=O) groups is 2. The molecule has 1 saturated carbocycles. The van der Waals surface area contributed by atoms with Crippen LogP contribution >= 0.6 is 0 Å². The summed E-state index contributed by atoms with van der Waals surface area (Å²) in [5.41, 5.74) is 2.53. The van der Waals surface area contributed by atoms with E-state index in [1.807, 2.05) is 13.0 Å². The van der Waals surface area contributed by atoms with Gasteiger partial charge in [0.2, 0.25) is 11.8 Å². The molecule has 2 heterocycles. The Morgan fingerprint density at radius 1 is 1.16 bits per heavy atom. The highest BCUT2D eigenvalue weighted by molar-refractivity contribution is 6.06. The number of nitrogens with zero attached hydrogens (tertiary/aromatic N) is 2. The van der Waals surface area contributed by atoms with E-state index in [2.05, 4.69) is 39.9 Å². The second kappa shape index (κ2) is 8.36. The molecular weight excluding hydrogens is 392 g/mol. The summed E-state index contributed by atoms with van der Waals surface area (Å²) >= 11 is 0. The summed E-state index contributed by atoms with van der Waals surface area (Å²) < 4.78 is 5.57. The number of aliphatic imine (C=N–C) groups is 1. The molecule has 1 saturated heterocycles. The molecule has 2 N–H and O–H groups in total. The third-order valence-corrected chi connectivity index (χ3v) is 6.96. The minimum Gasteiger partial charge on any atom is -0.493 e. The molecule has 2 amide bonds. The van der Waals surface area contributed by atoms with Gasteiger partial charge >= 0.3 is 0 Å². The molecule has 2 aliphatic carbocycles. The number of ether oxygens (including phenoxy) is 1. The Labute approximate surface area is 182 Å². The number of imide groups is 1. The van der Waals surface area contributed by atoms with Crippen LogP contribution in [-0.4, -0.2) is 55.5 Å². The minimum atomic E-state index is -0.123. The van der Waals surface area contributed by atoms with Gasteiger partial charge in [0, 0.05) is 32.6 Å². The molecular formula is C24H30N4O3. The summed E-state index contributed by atoms with van der Waals surface area (Å²) in [6.07, 6.45) is 7.05. The number of amides is 2. The van der Waals surface area contributed by atoms with Gasteiger partial charge < -0.3 is 15.4 Å². The van der Waals surface area contributed by atoms with Crippen molar-refractivity contribution in [3.8, 4) is 5.75 Å². The number of guanidine groups is 1. The third-order valence-electron chi connectivity index (χ3n) is 6.96. The number of fused-ring (bicyclic) bond motifs is 6. The summed E-state index contributed by atoms with van der Waals surface area (Å²) in [4.78, 5) is 31.7. The normalized spacial score (nSPS) is 28.2. The van der Waals surface area contributed by atoms with Crippen LogP contribution in [0.25, 0.3) is 0 Å². The zero-order valence-corrected chi connectivity index (χ0v) is 18.0. The van der Waals surface area contributed by atoms with E-state index in [9.17, 15) is 9.59 Å². The van der Waals surface area contributed by atoms with Gasteiger partial charge in [-0.25, -0.2) is 0 Å². The van der Waals surface area contributed by atoms with Crippen molar-refractivity contribution < 1.29 is 14.3 Å². The monoisotopic (exact) mass is 422 g/mol. The first-order valence-corrected chi connectivity index (χ1v) is 11.5. The second-order valence-corrected chi connectivity index (χ2v) is 8.81. The predicted molar refractivity (Wildman–Crippen MR) is 118 cm³/mol. The lowest BCUT2D eigenvalue weighted by Crippen LogP contribution is -2.43. The average Bonchev–Trinajstić information content (AvgIpc) is 3.54. The van der Waals surface area contributed by atoms with E-state index in [1.165, 1.54) is 16.0 Å². The standard InChI is InChI=1S/C24H30N4O3/c1-2-25-24(26-9-7-15-3-6-19-16(13-15)8-12-31-19)27-10-11-28-22(29)20-17-4-5-18(14-17)21(20)23(28)30/h3-6,13,17-18,20-21H,2,7-12,14H2,1H3,(H2,25,26,27). The third kappa shape index (κ3) is 3.70.